The van der Waals surface area contributed by atoms with Crippen LogP contribution >= 0.6 is 0 Å². The molecule has 0 fully saturated rings. The van der Waals surface area contributed by atoms with Gasteiger partial charge >= 0.3 is 5.97 Å². The van der Waals surface area contributed by atoms with Gasteiger partial charge in [-0.05, 0) is 59.7 Å². The van der Waals surface area contributed by atoms with Crippen molar-refractivity contribution in [2.24, 2.45) is 0 Å². The van der Waals surface area contributed by atoms with E-state index >= 15 is 0 Å². The van der Waals surface area contributed by atoms with E-state index in [0.717, 1.165) is 12.0 Å². The number of phenolic OH excluding ortho intramolecular Hbond substituents is 2. The number of ketones is 1. The van der Waals surface area contributed by atoms with Crippen molar-refractivity contribution in [1.82, 2.24) is 4.90 Å². The molecule has 1 aliphatic heterocycles. The molecule has 1 heterocycles. The molecule has 9 nitrogen and oxygen atoms in total. The molecule has 0 radical (unpaired) electrons. The van der Waals surface area contributed by atoms with E-state index in [1.807, 2.05) is 0 Å². The molecule has 4 rings (SSSR count). The van der Waals surface area contributed by atoms with Gasteiger partial charge in [0.25, 0.3) is 11.6 Å². The minimum atomic E-state index is -2.65. The van der Waals surface area contributed by atoms with Gasteiger partial charge in [0.2, 0.25) is 0 Å². The third-order valence-corrected chi connectivity index (χ3v) is 5.94. The fourth-order valence-electron chi connectivity index (χ4n) is 4.12. The second-order valence-electron chi connectivity index (χ2n) is 8.05. The van der Waals surface area contributed by atoms with Crippen molar-refractivity contribution >= 4 is 28.8 Å². The van der Waals surface area contributed by atoms with Crippen LogP contribution in [0.3, 0.4) is 0 Å². The number of hydrogen-bond acceptors (Lipinski definition) is 8. The minimum Gasteiger partial charge on any atom is -0.508 e. The van der Waals surface area contributed by atoms with E-state index < -0.39 is 29.9 Å². The molecule has 1 amide bonds. The summed E-state index contributed by atoms with van der Waals surface area (Å²) in [6, 6.07) is 17.3. The van der Waals surface area contributed by atoms with Crippen molar-refractivity contribution in [3.8, 4) is 17.2 Å². The Morgan fingerprint density at radius 2 is 1.36 bits per heavy atom. The Bertz CT molecular complexity index is 1340. The van der Waals surface area contributed by atoms with Crippen LogP contribution in [0.15, 0.2) is 72.8 Å². The number of nitrogens with zero attached hydrogens (tertiary/aromatic N) is 1. The molecule has 1 atom stereocenters. The van der Waals surface area contributed by atoms with E-state index in [2.05, 4.69) is 0 Å². The molecule has 1 unspecified atom stereocenters. The topological polar surface area (TPSA) is 134 Å². The number of aliphatic hydroxyl groups is 1. The number of benzene rings is 3. The maximum Gasteiger partial charge on any atom is 0.364 e. The van der Waals surface area contributed by atoms with Gasteiger partial charge in [-0.3, -0.25) is 14.5 Å². The van der Waals surface area contributed by atoms with E-state index in [1.54, 1.807) is 12.1 Å². The lowest BCUT2D eigenvalue weighted by molar-refractivity contribution is -0.174. The summed E-state index contributed by atoms with van der Waals surface area (Å²) in [5.41, 5.74) is -2.05. The van der Waals surface area contributed by atoms with Crippen LogP contribution in [0.25, 0.3) is 11.1 Å². The van der Waals surface area contributed by atoms with E-state index in [0.29, 0.717) is 11.3 Å². The molecule has 0 saturated heterocycles. The van der Waals surface area contributed by atoms with Gasteiger partial charge in [0.15, 0.2) is 5.78 Å². The third-order valence-electron chi connectivity index (χ3n) is 5.94. The molecule has 3 aromatic rings. The molecule has 9 heteroatoms. The van der Waals surface area contributed by atoms with Crippen LogP contribution in [0, 0.1) is 0 Å². The standard InChI is InChI=1S/C27H23NO8/c1-35-21-13-7-16(8-14-21)22(31)15-28-25(32)23(17-3-9-19(29)10-4-17)24(27(28,34)26(33)36-2)18-5-11-20(30)12-6-18/h3-14,29-30,34H,15H2,1-2H3. The second kappa shape index (κ2) is 9.55. The lowest BCUT2D eigenvalue weighted by Gasteiger charge is -2.33. The quantitative estimate of drug-likeness (QED) is 0.341. The first kappa shape index (κ1) is 24.5. The average Bonchev–Trinajstić information content (AvgIpc) is 3.11. The number of ether oxygens (including phenoxy) is 2. The minimum absolute atomic E-state index is 0.0502. The molecule has 184 valence electrons. The maximum atomic E-state index is 13.8. The molecule has 3 N–H and O–H groups in total. The van der Waals surface area contributed by atoms with Crippen molar-refractivity contribution in [3.63, 3.8) is 0 Å². The summed E-state index contributed by atoms with van der Waals surface area (Å²) in [6.07, 6.45) is 0. The molecule has 0 aliphatic carbocycles. The number of phenols is 2. The number of aromatic hydroxyl groups is 2. The van der Waals surface area contributed by atoms with Gasteiger partial charge in [0, 0.05) is 11.1 Å². The van der Waals surface area contributed by atoms with Gasteiger partial charge in [-0.2, -0.15) is 0 Å². The maximum absolute atomic E-state index is 13.8. The van der Waals surface area contributed by atoms with Crippen molar-refractivity contribution in [3.05, 3.63) is 89.5 Å². The Morgan fingerprint density at radius 1 is 0.833 bits per heavy atom. The van der Waals surface area contributed by atoms with Crippen LogP contribution in [0.1, 0.15) is 21.5 Å². The number of carbonyl (C=O) groups is 3. The highest BCUT2D eigenvalue weighted by molar-refractivity contribution is 6.35. The summed E-state index contributed by atoms with van der Waals surface area (Å²) >= 11 is 0. The molecule has 3 aromatic carbocycles. The Morgan fingerprint density at radius 3 is 1.86 bits per heavy atom. The van der Waals surface area contributed by atoms with Gasteiger partial charge in [-0.15, -0.1) is 0 Å². The Hall–Kier alpha value is -4.63. The summed E-state index contributed by atoms with van der Waals surface area (Å²) in [4.78, 5) is 40.7. The Balaban J connectivity index is 1.88. The van der Waals surface area contributed by atoms with E-state index in [4.69, 9.17) is 9.47 Å². The average molecular weight is 489 g/mol. The number of carbonyl (C=O) groups excluding carboxylic acids is 3. The van der Waals surface area contributed by atoms with Gasteiger partial charge in [0.1, 0.15) is 17.2 Å². The fourth-order valence-corrected chi connectivity index (χ4v) is 4.12. The number of amides is 1. The predicted octanol–water partition coefficient (Wildman–Crippen LogP) is 2.60. The molecule has 0 bridgehead atoms. The van der Waals surface area contributed by atoms with Crippen LogP contribution < -0.4 is 4.74 Å². The smallest absolute Gasteiger partial charge is 0.364 e. The van der Waals surface area contributed by atoms with Crippen LogP contribution in [0.5, 0.6) is 17.2 Å². The molecule has 0 aromatic heterocycles. The highest BCUT2D eigenvalue weighted by atomic mass is 16.5. The fraction of sp³-hybridized carbons (Fsp3) is 0.148. The summed E-state index contributed by atoms with van der Waals surface area (Å²) < 4.78 is 9.98. The summed E-state index contributed by atoms with van der Waals surface area (Å²) in [5.74, 6) is -2.09. The zero-order valence-electron chi connectivity index (χ0n) is 19.5. The number of hydrogen-bond donors (Lipinski definition) is 3. The molecule has 36 heavy (non-hydrogen) atoms. The van der Waals surface area contributed by atoms with Crippen molar-refractivity contribution in [2.45, 2.75) is 5.72 Å². The number of methoxy groups -OCH3 is 2. The Labute approximate surface area is 206 Å². The van der Waals surface area contributed by atoms with Crippen LogP contribution in [0.4, 0.5) is 0 Å². The molecular weight excluding hydrogens is 466 g/mol. The van der Waals surface area contributed by atoms with Crippen molar-refractivity contribution in [2.75, 3.05) is 20.8 Å². The van der Waals surface area contributed by atoms with Crippen LogP contribution in [0.2, 0.25) is 0 Å². The van der Waals surface area contributed by atoms with Crippen molar-refractivity contribution < 1.29 is 39.2 Å². The van der Waals surface area contributed by atoms with Crippen molar-refractivity contribution in [1.29, 1.82) is 0 Å². The van der Waals surface area contributed by atoms with E-state index in [9.17, 15) is 29.7 Å². The lowest BCUT2D eigenvalue weighted by atomic mass is 9.90. The highest BCUT2D eigenvalue weighted by Crippen LogP contribution is 2.45. The molecule has 1 aliphatic rings. The van der Waals surface area contributed by atoms with Crippen LogP contribution in [-0.4, -0.2) is 64.4 Å². The zero-order valence-corrected chi connectivity index (χ0v) is 19.5. The number of Topliss-reactive ketones (excluding diaryl/α,β-unsaturated/α-hetero) is 1. The first-order chi connectivity index (χ1) is 17.2. The predicted molar refractivity (Wildman–Crippen MR) is 129 cm³/mol. The van der Waals surface area contributed by atoms with E-state index in [1.165, 1.54) is 67.8 Å². The largest absolute Gasteiger partial charge is 0.508 e. The summed E-state index contributed by atoms with van der Waals surface area (Å²) in [6.45, 7) is -0.639. The first-order valence-corrected chi connectivity index (χ1v) is 10.8. The highest BCUT2D eigenvalue weighted by Gasteiger charge is 2.58. The monoisotopic (exact) mass is 489 g/mol. The first-order valence-electron chi connectivity index (χ1n) is 10.8. The van der Waals surface area contributed by atoms with Crippen LogP contribution in [-0.2, 0) is 14.3 Å². The number of rotatable bonds is 7. The Kier molecular flexibility index (Phi) is 6.50. The van der Waals surface area contributed by atoms with E-state index in [-0.39, 0.29) is 33.8 Å². The normalized spacial score (nSPS) is 17.3. The zero-order chi connectivity index (χ0) is 26.0. The summed E-state index contributed by atoms with van der Waals surface area (Å²) in [7, 11) is 2.54. The molecule has 0 saturated carbocycles. The van der Waals surface area contributed by atoms with Gasteiger partial charge < -0.3 is 24.8 Å². The van der Waals surface area contributed by atoms with Gasteiger partial charge in [-0.1, -0.05) is 24.3 Å². The lowest BCUT2D eigenvalue weighted by Crippen LogP contribution is -2.56. The molecular formula is C27H23NO8. The third kappa shape index (κ3) is 4.16. The van der Waals surface area contributed by atoms with Gasteiger partial charge in [0.05, 0.1) is 26.3 Å². The SMILES string of the molecule is COC(=O)C1(O)C(c2ccc(O)cc2)=C(c2ccc(O)cc2)C(=O)N1CC(=O)c1ccc(OC)cc1. The van der Waals surface area contributed by atoms with Gasteiger partial charge in [-0.25, -0.2) is 4.79 Å². The molecule has 0 spiro atoms. The second-order valence-corrected chi connectivity index (χ2v) is 8.05. The number of esters is 1. The summed E-state index contributed by atoms with van der Waals surface area (Å²) in [5, 5.41) is 31.3.